The van der Waals surface area contributed by atoms with Gasteiger partial charge in [0.2, 0.25) is 35.4 Å². The van der Waals surface area contributed by atoms with Gasteiger partial charge in [0.25, 0.3) is 0 Å². The predicted octanol–water partition coefficient (Wildman–Crippen LogP) is 13.4. The number of aryl methyl sites for hydroxylation is 4. The molecule has 540 valence electrons. The van der Waals surface area contributed by atoms with Crippen molar-refractivity contribution in [3.8, 4) is 31.3 Å². The maximum absolute atomic E-state index is 13.5. The molecule has 102 heavy (non-hydrogen) atoms. The summed E-state index contributed by atoms with van der Waals surface area (Å²) in [6, 6.07) is 27.6. The molecule has 12 rings (SSSR count). The molecule has 3 aromatic carbocycles. The molecule has 2 unspecified atom stereocenters. The van der Waals surface area contributed by atoms with Gasteiger partial charge in [0, 0.05) is 50.8 Å². The first-order valence-electron chi connectivity index (χ1n) is 35.0. The smallest absolute Gasteiger partial charge is 0.243 e. The van der Waals surface area contributed by atoms with Crippen LogP contribution < -0.4 is 16.0 Å². The molecule has 9 heterocycles. The fourth-order valence-electron chi connectivity index (χ4n) is 13.9. The molecule has 6 amide bonds. The Morgan fingerprint density at radius 2 is 0.863 bits per heavy atom. The Labute approximate surface area is 608 Å². The predicted molar refractivity (Wildman–Crippen MR) is 393 cm³/mol. The quantitative estimate of drug-likeness (QED) is 0.0520. The molecule has 3 fully saturated rings. The van der Waals surface area contributed by atoms with Crippen LogP contribution in [0.3, 0.4) is 0 Å². The summed E-state index contributed by atoms with van der Waals surface area (Å²) in [4.78, 5) is 102. The maximum atomic E-state index is 13.5. The van der Waals surface area contributed by atoms with Gasteiger partial charge in [-0.25, -0.2) is 15.0 Å². The summed E-state index contributed by atoms with van der Waals surface area (Å²) in [7, 11) is 0. The van der Waals surface area contributed by atoms with Gasteiger partial charge in [-0.2, -0.15) is 0 Å². The van der Waals surface area contributed by atoms with Crippen molar-refractivity contribution in [1.29, 1.82) is 0 Å². The summed E-state index contributed by atoms with van der Waals surface area (Å²) >= 11 is 4.84. The molecule has 3 aliphatic heterocycles. The first kappa shape index (κ1) is 75.6. The second-order valence-corrected chi connectivity index (χ2v) is 30.9. The zero-order valence-electron chi connectivity index (χ0n) is 60.5. The third-order valence-corrected chi connectivity index (χ3v) is 22.3. The summed E-state index contributed by atoms with van der Waals surface area (Å²) < 4.78 is 16.0. The van der Waals surface area contributed by atoms with Gasteiger partial charge in [0.05, 0.1) is 84.5 Å². The molecule has 0 aliphatic carbocycles. The summed E-state index contributed by atoms with van der Waals surface area (Å²) in [5.74, 6) is -0.297. The maximum Gasteiger partial charge on any atom is 0.243 e. The number of aromatic nitrogens is 6. The van der Waals surface area contributed by atoms with E-state index in [9.17, 15) is 33.9 Å². The van der Waals surface area contributed by atoms with Gasteiger partial charge in [0.1, 0.15) is 53.2 Å². The number of benzene rings is 3. The van der Waals surface area contributed by atoms with E-state index in [0.29, 0.717) is 55.5 Å². The number of nitrogens with zero attached hydrogens (tertiary/aromatic N) is 9. The molecule has 0 spiro atoms. The zero-order valence-corrected chi connectivity index (χ0v) is 62.9. The minimum atomic E-state index is -0.745. The molecule has 0 saturated carbocycles. The number of aliphatic hydroxyl groups excluding tert-OH is 1. The molecule has 25 heteroatoms. The minimum Gasteiger partial charge on any atom is -0.391 e. The Morgan fingerprint density at radius 1 is 0.490 bits per heavy atom. The van der Waals surface area contributed by atoms with Crippen molar-refractivity contribution >= 4 is 69.5 Å². The van der Waals surface area contributed by atoms with Gasteiger partial charge in [-0.1, -0.05) is 144 Å². The molecule has 6 aromatic heterocycles. The highest BCUT2D eigenvalue weighted by Gasteiger charge is 2.46. The largest absolute Gasteiger partial charge is 0.391 e. The molecule has 22 nitrogen and oxygen atoms in total. The molecule has 0 radical (unpaired) electrons. The summed E-state index contributed by atoms with van der Waals surface area (Å²) in [6.45, 7) is 29.3. The van der Waals surface area contributed by atoms with Crippen molar-refractivity contribution in [2.45, 2.75) is 177 Å². The Hall–Kier alpha value is -9.04. The van der Waals surface area contributed by atoms with Crippen LogP contribution >= 0.6 is 34.0 Å². The van der Waals surface area contributed by atoms with Crippen molar-refractivity contribution < 1.29 is 47.4 Å². The SMILES string of the molecule is Cc1cc(C(C(=O)N2C[C@H](O)C[C@H]2C(=O)NCc2ccc(-c3scnc3C)cc2)C(C)C)on1.Cc1ncsc1-c1ccc([C@H](C)NC(=O)[C@@H]2C[C@@H](C)CN2C(=O)C(c2ccno2)C(C)C)cc1.Cc1ncsc1-c1ccc([C@H](C)NC(=O)[C@@H]2C[C@@H](C)CN2C(=O)[C@H](c2ccno2)C(C)C)cc1. The second-order valence-electron chi connectivity index (χ2n) is 28.4. The van der Waals surface area contributed by atoms with Gasteiger partial charge in [-0.15, -0.1) is 34.0 Å². The molecular weight excluding hydrogens is 1350 g/mol. The van der Waals surface area contributed by atoms with Crippen LogP contribution in [-0.2, 0) is 35.3 Å². The Balaban J connectivity index is 0.000000165. The van der Waals surface area contributed by atoms with E-state index in [1.807, 2.05) is 141 Å². The second kappa shape index (κ2) is 33.8. The molecule has 0 bridgehead atoms. The molecule has 3 aliphatic rings. The number of thiazole rings is 3. The number of nitrogens with one attached hydrogen (secondary N) is 3. The lowest BCUT2D eigenvalue weighted by atomic mass is 9.91. The van der Waals surface area contributed by atoms with E-state index in [0.717, 1.165) is 65.1 Å². The Kier molecular flexibility index (Phi) is 25.1. The summed E-state index contributed by atoms with van der Waals surface area (Å²) in [5, 5.41) is 30.9. The molecule has 4 N–H and O–H groups in total. The number of hydrogen-bond acceptors (Lipinski definition) is 19. The highest BCUT2D eigenvalue weighted by molar-refractivity contribution is 7.14. The fourth-order valence-corrected chi connectivity index (χ4v) is 16.3. The average molecular weight is 1440 g/mol. The van der Waals surface area contributed by atoms with Crippen LogP contribution in [0.15, 0.2) is 133 Å². The van der Waals surface area contributed by atoms with E-state index in [-0.39, 0.29) is 90.1 Å². The standard InChI is InChI=1S/2C26H32N4O3S.C25H30N4O4S/c2*1-15(2)23(22-10-11-28-33-22)26(32)30-13-16(3)12-21(30)25(31)29-17(4)19-6-8-20(9-7-19)24-18(5)27-14-34-24;1-14(2)22(21-9-15(3)28-33-21)25(32)29-12-19(30)10-20(29)24(31)26-11-17-5-7-18(8-6-17)23-16(4)27-13-34-23/h2*6-11,14-17,21,23H,12-13H2,1-5H3,(H,29,31);5-9,13-14,19-20,22,30H,10-12H2,1-4H3,(H,26,31)/t16-,17+,21+,23?;16-,17+,21+,23+;19-,20+,22?/m111/s1. The summed E-state index contributed by atoms with van der Waals surface area (Å²) in [5.41, 5.74) is 15.6. The van der Waals surface area contributed by atoms with E-state index >= 15 is 0 Å². The molecule has 11 atom stereocenters. The van der Waals surface area contributed by atoms with Crippen molar-refractivity contribution in [2.75, 3.05) is 19.6 Å². The van der Waals surface area contributed by atoms with Crippen LogP contribution in [-0.4, -0.2) is 130 Å². The van der Waals surface area contributed by atoms with Crippen molar-refractivity contribution in [3.05, 3.63) is 177 Å². The highest BCUT2D eigenvalue weighted by Crippen LogP contribution is 2.37. The van der Waals surface area contributed by atoms with Crippen molar-refractivity contribution in [1.82, 2.24) is 61.1 Å². The van der Waals surface area contributed by atoms with Crippen molar-refractivity contribution in [2.24, 2.45) is 29.6 Å². The topological polar surface area (TPSA) is 285 Å². The van der Waals surface area contributed by atoms with Crippen LogP contribution in [0.25, 0.3) is 31.3 Å². The average Bonchev–Trinajstić information content (AvgIpc) is 1.66. The lowest BCUT2D eigenvalue weighted by molar-refractivity contribution is -0.141. The monoisotopic (exact) mass is 1440 g/mol. The third-order valence-electron chi connectivity index (χ3n) is 19.3. The van der Waals surface area contributed by atoms with Gasteiger partial charge < -0.3 is 49.3 Å². The normalized spacial score (nSPS) is 19.6. The van der Waals surface area contributed by atoms with E-state index in [2.05, 4.69) is 84.5 Å². The van der Waals surface area contributed by atoms with Crippen LogP contribution in [0, 0.1) is 57.3 Å². The van der Waals surface area contributed by atoms with Crippen LogP contribution in [0.5, 0.6) is 0 Å². The molecule has 3 saturated heterocycles. The summed E-state index contributed by atoms with van der Waals surface area (Å²) in [6.07, 6.45) is 3.87. The lowest BCUT2D eigenvalue weighted by Crippen LogP contribution is -2.48. The van der Waals surface area contributed by atoms with E-state index in [1.165, 1.54) is 4.90 Å². The third kappa shape index (κ3) is 17.9. The van der Waals surface area contributed by atoms with E-state index < -0.39 is 42.0 Å². The zero-order chi connectivity index (χ0) is 73.2. The van der Waals surface area contributed by atoms with Crippen LogP contribution in [0.4, 0.5) is 0 Å². The lowest BCUT2D eigenvalue weighted by Gasteiger charge is -2.29. The molecular formula is C77H94N12O10S3. The van der Waals surface area contributed by atoms with Crippen molar-refractivity contribution in [3.63, 3.8) is 0 Å². The number of carbonyl (C=O) groups is 6. The van der Waals surface area contributed by atoms with E-state index in [4.69, 9.17) is 13.6 Å². The first-order valence-corrected chi connectivity index (χ1v) is 37.6. The number of hydrogen-bond donors (Lipinski definition) is 4. The number of rotatable bonds is 21. The molecule has 9 aromatic rings. The first-order chi connectivity index (χ1) is 48.8. The van der Waals surface area contributed by atoms with Gasteiger partial charge >= 0.3 is 0 Å². The Morgan fingerprint density at radius 3 is 1.21 bits per heavy atom. The van der Waals surface area contributed by atoms with Crippen LogP contribution in [0.2, 0.25) is 0 Å². The Bertz CT molecular complexity index is 4080. The number of β-amino-alcohol motifs (C(OH)–C–C–N with tert-alkyl or cyclic N) is 1. The van der Waals surface area contributed by atoms with E-state index in [1.54, 1.807) is 81.3 Å². The highest BCUT2D eigenvalue weighted by atomic mass is 32.1. The fraction of sp³-hybridized carbons (Fsp3) is 0.455. The number of aliphatic hydroxyl groups is 1. The number of carbonyl (C=O) groups excluding carboxylic acids is 6. The number of likely N-dealkylation sites (tertiary alicyclic amines) is 3. The van der Waals surface area contributed by atoms with Gasteiger partial charge in [-0.05, 0) is 117 Å². The van der Waals surface area contributed by atoms with Gasteiger partial charge in [-0.3, -0.25) is 28.8 Å². The number of amides is 6. The minimum absolute atomic E-state index is 0.0275. The van der Waals surface area contributed by atoms with Gasteiger partial charge in [0.15, 0.2) is 0 Å². The van der Waals surface area contributed by atoms with Crippen LogP contribution in [0.1, 0.15) is 175 Å².